The van der Waals surface area contributed by atoms with Crippen LogP contribution in [-0.2, 0) is 14.8 Å². The Hall–Kier alpha value is -1.41. The van der Waals surface area contributed by atoms with Crippen molar-refractivity contribution in [1.29, 1.82) is 0 Å². The van der Waals surface area contributed by atoms with Crippen LogP contribution in [0.3, 0.4) is 0 Å². The maximum Gasteiger partial charge on any atom is 0.243 e. The van der Waals surface area contributed by atoms with Gasteiger partial charge in [-0.3, -0.25) is 9.10 Å². The molecule has 0 aliphatic heterocycles. The average Bonchev–Trinajstić information content (AvgIpc) is 2.63. The van der Waals surface area contributed by atoms with Gasteiger partial charge in [-0.15, -0.1) is 11.8 Å². The van der Waals surface area contributed by atoms with Crippen LogP contribution in [0.15, 0.2) is 53.4 Å². The van der Waals surface area contributed by atoms with E-state index in [0.29, 0.717) is 34.5 Å². The van der Waals surface area contributed by atoms with Crippen LogP contribution >= 0.6 is 35.0 Å². The number of thioether (sulfide) groups is 1. The minimum Gasteiger partial charge on any atom is -0.353 e. The third-order valence-corrected chi connectivity index (χ3v) is 6.56. The number of anilines is 1. The maximum absolute atomic E-state index is 12.7. The summed E-state index contributed by atoms with van der Waals surface area (Å²) in [5, 5.41) is 3.90. The highest BCUT2D eigenvalue weighted by Crippen LogP contribution is 2.25. The Kier molecular flexibility index (Phi) is 8.49. The Bertz CT molecular complexity index is 906. The molecule has 0 saturated heterocycles. The minimum atomic E-state index is -3.67. The van der Waals surface area contributed by atoms with E-state index in [9.17, 15) is 13.2 Å². The van der Waals surface area contributed by atoms with E-state index >= 15 is 0 Å². The molecule has 2 aromatic rings. The molecule has 0 aromatic heterocycles. The van der Waals surface area contributed by atoms with Gasteiger partial charge in [-0.05, 0) is 48.9 Å². The van der Waals surface area contributed by atoms with E-state index < -0.39 is 16.1 Å². The third-order valence-electron chi connectivity index (χ3n) is 3.88. The Morgan fingerprint density at radius 1 is 1.14 bits per heavy atom. The van der Waals surface area contributed by atoms with Crippen molar-refractivity contribution < 1.29 is 13.2 Å². The van der Waals surface area contributed by atoms with Gasteiger partial charge in [0.25, 0.3) is 0 Å². The third kappa shape index (κ3) is 6.58. The molecule has 0 fully saturated rings. The van der Waals surface area contributed by atoms with Gasteiger partial charge >= 0.3 is 0 Å². The summed E-state index contributed by atoms with van der Waals surface area (Å²) in [7, 11) is -3.67. The number of amides is 1. The first kappa shape index (κ1) is 22.9. The number of hydrogen-bond acceptors (Lipinski definition) is 4. The lowest BCUT2D eigenvalue weighted by molar-refractivity contribution is -0.122. The molecule has 2 aromatic carbocycles. The van der Waals surface area contributed by atoms with E-state index in [4.69, 9.17) is 23.2 Å². The summed E-state index contributed by atoms with van der Waals surface area (Å²) < 4.78 is 25.9. The van der Waals surface area contributed by atoms with Crippen LogP contribution in [0.25, 0.3) is 0 Å². The summed E-state index contributed by atoms with van der Waals surface area (Å²) in [5.41, 5.74) is 0.368. The smallest absolute Gasteiger partial charge is 0.243 e. The van der Waals surface area contributed by atoms with Gasteiger partial charge in [-0.1, -0.05) is 36.2 Å². The van der Waals surface area contributed by atoms with E-state index in [0.717, 1.165) is 15.5 Å². The van der Waals surface area contributed by atoms with Crippen molar-refractivity contribution in [2.75, 3.05) is 22.9 Å². The van der Waals surface area contributed by atoms with Crippen molar-refractivity contribution in [2.24, 2.45) is 0 Å². The highest BCUT2D eigenvalue weighted by atomic mass is 35.5. The highest BCUT2D eigenvalue weighted by molar-refractivity contribution is 7.99. The summed E-state index contributed by atoms with van der Waals surface area (Å²) in [6.45, 7) is 2.19. The first-order chi connectivity index (χ1) is 13.2. The second-order valence-corrected chi connectivity index (χ2v) is 9.96. The lowest BCUT2D eigenvalue weighted by Crippen LogP contribution is -2.49. The molecule has 0 radical (unpaired) electrons. The van der Waals surface area contributed by atoms with Crippen LogP contribution in [0, 0.1) is 0 Å². The van der Waals surface area contributed by atoms with Gasteiger partial charge < -0.3 is 5.32 Å². The molecule has 5 nitrogen and oxygen atoms in total. The lowest BCUT2D eigenvalue weighted by atomic mass is 10.2. The van der Waals surface area contributed by atoms with Crippen LogP contribution in [0.1, 0.15) is 13.3 Å². The predicted octanol–water partition coefficient (Wildman–Crippen LogP) is 4.45. The summed E-state index contributed by atoms with van der Waals surface area (Å²) in [5.74, 6) is 0.310. The van der Waals surface area contributed by atoms with Crippen LogP contribution in [0.4, 0.5) is 5.69 Å². The molecule has 1 N–H and O–H groups in total. The molecule has 2 rings (SSSR count). The minimum absolute atomic E-state index is 0.329. The second-order valence-electron chi connectivity index (χ2n) is 6.06. The zero-order chi connectivity index (χ0) is 20.7. The molecule has 1 amide bonds. The quantitative estimate of drug-likeness (QED) is 0.443. The topological polar surface area (TPSA) is 66.5 Å². The SMILES string of the molecule is CC[C@@H](C(=O)NCCSc1ccc(Cl)cc1)N(c1cccc(Cl)c1)S(C)(=O)=O. The molecule has 152 valence electrons. The fourth-order valence-electron chi connectivity index (χ4n) is 2.67. The first-order valence-electron chi connectivity index (χ1n) is 8.63. The van der Waals surface area contributed by atoms with Crippen molar-refractivity contribution in [1.82, 2.24) is 5.32 Å². The van der Waals surface area contributed by atoms with Gasteiger partial charge in [-0.2, -0.15) is 0 Å². The van der Waals surface area contributed by atoms with Crippen LogP contribution in [0.5, 0.6) is 0 Å². The lowest BCUT2D eigenvalue weighted by Gasteiger charge is -2.30. The molecule has 0 unspecified atom stereocenters. The van der Waals surface area contributed by atoms with E-state index in [-0.39, 0.29) is 5.91 Å². The molecular formula is C19H22Cl2N2O3S2. The Morgan fingerprint density at radius 3 is 2.39 bits per heavy atom. The number of benzene rings is 2. The zero-order valence-corrected chi connectivity index (χ0v) is 18.7. The molecule has 0 heterocycles. The van der Waals surface area contributed by atoms with Crippen LogP contribution < -0.4 is 9.62 Å². The molecule has 0 spiro atoms. The number of rotatable bonds is 9. The molecule has 9 heteroatoms. The molecule has 28 heavy (non-hydrogen) atoms. The van der Waals surface area contributed by atoms with E-state index in [1.54, 1.807) is 36.9 Å². The van der Waals surface area contributed by atoms with Crippen molar-refractivity contribution in [2.45, 2.75) is 24.3 Å². The van der Waals surface area contributed by atoms with Crippen molar-refractivity contribution in [3.63, 3.8) is 0 Å². The van der Waals surface area contributed by atoms with E-state index in [2.05, 4.69) is 5.32 Å². The molecule has 0 aliphatic rings. The van der Waals surface area contributed by atoms with E-state index in [1.165, 1.54) is 6.07 Å². The van der Waals surface area contributed by atoms with Gasteiger partial charge in [0.2, 0.25) is 15.9 Å². The van der Waals surface area contributed by atoms with Crippen LogP contribution in [0.2, 0.25) is 10.0 Å². The largest absolute Gasteiger partial charge is 0.353 e. The number of nitrogens with one attached hydrogen (secondary N) is 1. The van der Waals surface area contributed by atoms with Crippen molar-refractivity contribution >= 4 is 56.6 Å². The summed E-state index contributed by atoms with van der Waals surface area (Å²) in [4.78, 5) is 13.7. The average molecular weight is 461 g/mol. The standard InChI is InChI=1S/C19H22Cl2N2O3S2/c1-3-18(23(28(2,25)26)16-6-4-5-15(21)13-16)19(24)22-11-12-27-17-9-7-14(20)8-10-17/h4-10,13,18H,3,11-12H2,1-2H3,(H,22,24)/t18-/m0/s1. The van der Waals surface area contributed by atoms with Crippen LogP contribution in [-0.4, -0.2) is 38.9 Å². The van der Waals surface area contributed by atoms with Gasteiger partial charge in [0.15, 0.2) is 0 Å². The zero-order valence-electron chi connectivity index (χ0n) is 15.6. The fourth-order valence-corrected chi connectivity index (χ4v) is 4.95. The number of halogens is 2. The second kappa shape index (κ2) is 10.4. The Morgan fingerprint density at radius 2 is 1.82 bits per heavy atom. The fraction of sp³-hybridized carbons (Fsp3) is 0.316. The molecule has 0 saturated carbocycles. The number of sulfonamides is 1. The number of hydrogen-bond donors (Lipinski definition) is 1. The van der Waals surface area contributed by atoms with Gasteiger partial charge in [0, 0.05) is 27.2 Å². The molecule has 0 aliphatic carbocycles. The van der Waals surface area contributed by atoms with Crippen molar-refractivity contribution in [3.8, 4) is 0 Å². The molecular weight excluding hydrogens is 439 g/mol. The summed E-state index contributed by atoms with van der Waals surface area (Å²) in [6.07, 6.45) is 1.41. The summed E-state index contributed by atoms with van der Waals surface area (Å²) in [6, 6.07) is 13.1. The molecule has 1 atom stereocenters. The normalized spacial score (nSPS) is 12.4. The number of carbonyl (C=O) groups is 1. The Labute approximate surface area is 180 Å². The van der Waals surface area contributed by atoms with Gasteiger partial charge in [-0.25, -0.2) is 8.42 Å². The summed E-state index contributed by atoms with van der Waals surface area (Å²) >= 11 is 13.4. The predicted molar refractivity (Wildman–Crippen MR) is 118 cm³/mol. The number of carbonyl (C=O) groups excluding carboxylic acids is 1. The van der Waals surface area contributed by atoms with Gasteiger partial charge in [0.1, 0.15) is 6.04 Å². The highest BCUT2D eigenvalue weighted by Gasteiger charge is 2.31. The maximum atomic E-state index is 12.7. The first-order valence-corrected chi connectivity index (χ1v) is 12.2. The van der Waals surface area contributed by atoms with Crippen molar-refractivity contribution in [3.05, 3.63) is 58.6 Å². The number of nitrogens with zero attached hydrogens (tertiary/aromatic N) is 1. The molecule has 0 bridgehead atoms. The monoisotopic (exact) mass is 460 g/mol. The Balaban J connectivity index is 2.04. The van der Waals surface area contributed by atoms with Gasteiger partial charge in [0.05, 0.1) is 11.9 Å². The van der Waals surface area contributed by atoms with E-state index in [1.807, 2.05) is 24.3 Å².